The van der Waals surface area contributed by atoms with Crippen molar-refractivity contribution in [2.75, 3.05) is 6.67 Å². The molecular formula is C6H3F9O2. The molecule has 0 unspecified atom stereocenters. The fourth-order valence-corrected chi connectivity index (χ4v) is 0.645. The first-order valence-corrected chi connectivity index (χ1v) is 3.56. The molecule has 17 heavy (non-hydrogen) atoms. The van der Waals surface area contributed by atoms with Gasteiger partial charge in [-0.15, -0.1) is 0 Å². The first kappa shape index (κ1) is 15.8. The quantitative estimate of drug-likeness (QED) is 0.785. The van der Waals surface area contributed by atoms with Crippen LogP contribution in [0.3, 0.4) is 0 Å². The molecule has 0 spiro atoms. The molecule has 0 radical (unpaired) electrons. The maximum atomic E-state index is 12.4. The molecule has 0 amide bonds. The van der Waals surface area contributed by atoms with Crippen LogP contribution >= 0.6 is 0 Å². The van der Waals surface area contributed by atoms with E-state index < -0.39 is 36.3 Å². The Bertz CT molecular complexity index is 311. The van der Waals surface area contributed by atoms with Gasteiger partial charge in [-0.1, -0.05) is 0 Å². The summed E-state index contributed by atoms with van der Waals surface area (Å²) in [5.41, 5.74) is 0. The van der Waals surface area contributed by atoms with Crippen LogP contribution in [0, 0.1) is 0 Å². The van der Waals surface area contributed by atoms with E-state index in [4.69, 9.17) is 5.11 Å². The van der Waals surface area contributed by atoms with Gasteiger partial charge in [0.2, 0.25) is 0 Å². The molecule has 0 atom stereocenters. The average Bonchev–Trinajstić information content (AvgIpc) is 2.16. The van der Waals surface area contributed by atoms with Crippen molar-refractivity contribution in [2.24, 2.45) is 0 Å². The molecule has 0 aromatic rings. The molecule has 0 rings (SSSR count). The third-order valence-electron chi connectivity index (χ3n) is 1.68. The second kappa shape index (κ2) is 3.95. The van der Waals surface area contributed by atoms with Gasteiger partial charge >= 0.3 is 29.7 Å². The standard InChI is InChI=1S/C6H3F9O2/c7-1-3(8,9)5(12,13)6(14,15)4(10,11)2(16)17/h1H2,(H,16,17). The fraction of sp³-hybridized carbons (Fsp3) is 0.833. The Morgan fingerprint density at radius 2 is 1.24 bits per heavy atom. The minimum Gasteiger partial charge on any atom is -0.477 e. The van der Waals surface area contributed by atoms with E-state index in [0.717, 1.165) is 0 Å². The predicted molar refractivity (Wildman–Crippen MR) is 33.4 cm³/mol. The highest BCUT2D eigenvalue weighted by atomic mass is 19.4. The molecule has 0 aromatic carbocycles. The van der Waals surface area contributed by atoms with Crippen molar-refractivity contribution >= 4 is 5.97 Å². The number of aliphatic carboxylic acids is 1. The monoisotopic (exact) mass is 278 g/mol. The number of rotatable bonds is 5. The predicted octanol–water partition coefficient (Wildman–Crippen LogP) is 2.58. The van der Waals surface area contributed by atoms with Crippen LogP contribution in [-0.4, -0.2) is 41.4 Å². The Morgan fingerprint density at radius 1 is 0.882 bits per heavy atom. The summed E-state index contributed by atoms with van der Waals surface area (Å²) in [5.74, 6) is -30.2. The molecule has 0 aliphatic carbocycles. The van der Waals surface area contributed by atoms with Crippen LogP contribution in [0.25, 0.3) is 0 Å². The lowest BCUT2D eigenvalue weighted by molar-refractivity contribution is -0.361. The summed E-state index contributed by atoms with van der Waals surface area (Å²) in [6.07, 6.45) is 0. The van der Waals surface area contributed by atoms with E-state index in [1.165, 1.54) is 0 Å². The van der Waals surface area contributed by atoms with Crippen molar-refractivity contribution in [1.82, 2.24) is 0 Å². The summed E-state index contributed by atoms with van der Waals surface area (Å²) < 4.78 is 109. The number of hydrogen-bond donors (Lipinski definition) is 1. The van der Waals surface area contributed by atoms with Crippen LogP contribution in [0.2, 0.25) is 0 Å². The molecule has 11 heteroatoms. The van der Waals surface area contributed by atoms with E-state index in [9.17, 15) is 44.3 Å². The second-order valence-corrected chi connectivity index (χ2v) is 2.87. The molecule has 1 N–H and O–H groups in total. The highest BCUT2D eigenvalue weighted by Crippen LogP contribution is 2.52. The van der Waals surface area contributed by atoms with Crippen molar-refractivity contribution in [1.29, 1.82) is 0 Å². The Balaban J connectivity index is 5.69. The number of carboxylic acid groups (broad SMARTS) is 1. The van der Waals surface area contributed by atoms with Gasteiger partial charge in [0.1, 0.15) is 0 Å². The van der Waals surface area contributed by atoms with Gasteiger partial charge in [-0.05, 0) is 0 Å². The van der Waals surface area contributed by atoms with Crippen molar-refractivity contribution in [2.45, 2.75) is 23.7 Å². The van der Waals surface area contributed by atoms with Gasteiger partial charge in [-0.2, -0.15) is 35.1 Å². The lowest BCUT2D eigenvalue weighted by Gasteiger charge is -2.33. The van der Waals surface area contributed by atoms with Crippen LogP contribution in [0.4, 0.5) is 39.5 Å². The van der Waals surface area contributed by atoms with Crippen molar-refractivity contribution in [3.05, 3.63) is 0 Å². The smallest absolute Gasteiger partial charge is 0.410 e. The lowest BCUT2D eigenvalue weighted by Crippen LogP contribution is -2.65. The SMILES string of the molecule is O=C(O)C(F)(F)C(F)(F)C(F)(F)C(F)(F)CF. The van der Waals surface area contributed by atoms with Crippen LogP contribution in [0.15, 0.2) is 0 Å². The highest BCUT2D eigenvalue weighted by molar-refractivity contribution is 5.77. The zero-order valence-electron chi connectivity index (χ0n) is 7.46. The van der Waals surface area contributed by atoms with Gasteiger partial charge < -0.3 is 5.11 Å². The number of hydrogen-bond acceptors (Lipinski definition) is 1. The zero-order chi connectivity index (χ0) is 14.3. The van der Waals surface area contributed by atoms with E-state index in [1.807, 2.05) is 0 Å². The van der Waals surface area contributed by atoms with Gasteiger partial charge in [0.05, 0.1) is 0 Å². The summed E-state index contributed by atoms with van der Waals surface area (Å²) >= 11 is 0. The minimum atomic E-state index is -6.96. The van der Waals surface area contributed by atoms with E-state index in [2.05, 4.69) is 0 Å². The first-order valence-electron chi connectivity index (χ1n) is 3.56. The Labute approximate surface area is 87.0 Å². The third-order valence-corrected chi connectivity index (χ3v) is 1.68. The molecule has 0 aromatic heterocycles. The molecule has 0 heterocycles. The Morgan fingerprint density at radius 3 is 1.47 bits per heavy atom. The summed E-state index contributed by atoms with van der Waals surface area (Å²) in [6.45, 7) is -3.36. The van der Waals surface area contributed by atoms with Crippen molar-refractivity contribution < 1.29 is 49.4 Å². The van der Waals surface area contributed by atoms with Crippen LogP contribution in [0.5, 0.6) is 0 Å². The van der Waals surface area contributed by atoms with Gasteiger partial charge in [0.15, 0.2) is 6.67 Å². The molecule has 102 valence electrons. The van der Waals surface area contributed by atoms with Crippen LogP contribution < -0.4 is 0 Å². The molecule has 0 saturated carbocycles. The van der Waals surface area contributed by atoms with Crippen molar-refractivity contribution in [3.8, 4) is 0 Å². The molecule has 2 nitrogen and oxygen atoms in total. The number of halogens is 9. The van der Waals surface area contributed by atoms with E-state index in [0.29, 0.717) is 0 Å². The third kappa shape index (κ3) is 2.02. The largest absolute Gasteiger partial charge is 0.477 e. The van der Waals surface area contributed by atoms with Gasteiger partial charge in [0.25, 0.3) is 0 Å². The molecule has 0 aliphatic heterocycles. The van der Waals surface area contributed by atoms with E-state index in [1.54, 1.807) is 0 Å². The van der Waals surface area contributed by atoms with Gasteiger partial charge in [0, 0.05) is 0 Å². The van der Waals surface area contributed by atoms with Crippen LogP contribution in [-0.2, 0) is 4.79 Å². The van der Waals surface area contributed by atoms with E-state index >= 15 is 0 Å². The summed E-state index contributed by atoms with van der Waals surface area (Å²) in [5, 5.41) is 7.58. The first-order chi connectivity index (χ1) is 7.25. The fourth-order valence-electron chi connectivity index (χ4n) is 0.645. The highest BCUT2D eigenvalue weighted by Gasteiger charge is 2.83. The number of alkyl halides is 9. The lowest BCUT2D eigenvalue weighted by atomic mass is 9.99. The maximum Gasteiger partial charge on any atom is 0.410 e. The number of carbonyl (C=O) groups is 1. The second-order valence-electron chi connectivity index (χ2n) is 2.87. The van der Waals surface area contributed by atoms with Gasteiger partial charge in [-0.3, -0.25) is 0 Å². The topological polar surface area (TPSA) is 37.3 Å². The summed E-state index contributed by atoms with van der Waals surface area (Å²) in [6, 6.07) is 0. The zero-order valence-corrected chi connectivity index (χ0v) is 7.46. The normalized spacial score (nSPS) is 14.9. The summed E-state index contributed by atoms with van der Waals surface area (Å²) in [7, 11) is 0. The molecule has 0 saturated heterocycles. The number of carboxylic acids is 1. The maximum absolute atomic E-state index is 12.4. The van der Waals surface area contributed by atoms with Gasteiger partial charge in [-0.25, -0.2) is 9.18 Å². The molecule has 0 fully saturated rings. The van der Waals surface area contributed by atoms with Crippen LogP contribution in [0.1, 0.15) is 0 Å². The Kier molecular flexibility index (Phi) is 3.68. The summed E-state index contributed by atoms with van der Waals surface area (Å²) in [4.78, 5) is 9.63. The average molecular weight is 278 g/mol. The molecular weight excluding hydrogens is 275 g/mol. The Hall–Kier alpha value is -1.16. The molecule has 0 aliphatic rings. The molecule has 0 bridgehead atoms. The van der Waals surface area contributed by atoms with Crippen molar-refractivity contribution in [3.63, 3.8) is 0 Å². The van der Waals surface area contributed by atoms with E-state index in [-0.39, 0.29) is 0 Å². The minimum absolute atomic E-state index is 3.36.